The topological polar surface area (TPSA) is 32.3 Å². The molecule has 120 valence electrons. The number of carbonyl (C=O) groups is 1. The first-order valence-electron chi connectivity index (χ1n) is 8.27. The molecule has 1 aliphatic rings. The van der Waals surface area contributed by atoms with Crippen LogP contribution in [0.25, 0.3) is 0 Å². The fourth-order valence-corrected chi connectivity index (χ4v) is 3.06. The Morgan fingerprint density at radius 1 is 1.09 bits per heavy atom. The summed E-state index contributed by atoms with van der Waals surface area (Å²) in [6.07, 6.45) is 0.845. The number of nitrogens with zero attached hydrogens (tertiary/aromatic N) is 1. The molecule has 0 saturated carbocycles. The summed E-state index contributed by atoms with van der Waals surface area (Å²) < 4.78 is 0. The van der Waals surface area contributed by atoms with Crippen LogP contribution in [0.15, 0.2) is 48.5 Å². The van der Waals surface area contributed by atoms with E-state index in [1.165, 1.54) is 5.56 Å². The summed E-state index contributed by atoms with van der Waals surface area (Å²) in [6, 6.07) is 16.3. The Labute approximate surface area is 138 Å². The summed E-state index contributed by atoms with van der Waals surface area (Å²) in [5, 5.41) is 3.41. The van der Waals surface area contributed by atoms with E-state index in [0.717, 1.165) is 23.4 Å². The average Bonchev–Trinajstić information content (AvgIpc) is 2.53. The van der Waals surface area contributed by atoms with E-state index in [2.05, 4.69) is 56.4 Å². The van der Waals surface area contributed by atoms with Crippen LogP contribution in [0.5, 0.6) is 0 Å². The molecule has 1 unspecified atom stereocenters. The van der Waals surface area contributed by atoms with Gasteiger partial charge in [0.25, 0.3) is 0 Å². The second kappa shape index (κ2) is 6.45. The molecule has 0 aliphatic carbocycles. The van der Waals surface area contributed by atoms with Crippen molar-refractivity contribution >= 4 is 17.3 Å². The number of amides is 1. The molecular weight excluding hydrogens is 284 g/mol. The third-order valence-electron chi connectivity index (χ3n) is 4.26. The lowest BCUT2D eigenvalue weighted by Gasteiger charge is -2.36. The maximum absolute atomic E-state index is 13.0. The Morgan fingerprint density at radius 2 is 1.78 bits per heavy atom. The van der Waals surface area contributed by atoms with Gasteiger partial charge in [0.2, 0.25) is 5.91 Å². The van der Waals surface area contributed by atoms with Gasteiger partial charge >= 0.3 is 0 Å². The van der Waals surface area contributed by atoms with Crippen molar-refractivity contribution in [2.45, 2.75) is 39.8 Å². The Hall–Kier alpha value is -2.29. The van der Waals surface area contributed by atoms with E-state index in [4.69, 9.17) is 0 Å². The van der Waals surface area contributed by atoms with Gasteiger partial charge in [-0.2, -0.15) is 0 Å². The zero-order chi connectivity index (χ0) is 16.4. The van der Waals surface area contributed by atoms with Crippen LogP contribution in [-0.4, -0.2) is 11.9 Å². The van der Waals surface area contributed by atoms with Crippen LogP contribution in [-0.2, 0) is 11.3 Å². The molecule has 3 rings (SSSR count). The minimum absolute atomic E-state index is 0.143. The number of hydrogen-bond acceptors (Lipinski definition) is 2. The first-order valence-corrected chi connectivity index (χ1v) is 8.27. The number of anilines is 2. The van der Waals surface area contributed by atoms with E-state index in [1.54, 1.807) is 0 Å². The first kappa shape index (κ1) is 15.6. The van der Waals surface area contributed by atoms with Gasteiger partial charge in [0, 0.05) is 0 Å². The largest absolute Gasteiger partial charge is 0.372 e. The van der Waals surface area contributed by atoms with Gasteiger partial charge in [-0.3, -0.25) is 4.79 Å². The maximum Gasteiger partial charge on any atom is 0.249 e. The fraction of sp³-hybridized carbons (Fsp3) is 0.350. The third kappa shape index (κ3) is 3.39. The molecule has 0 radical (unpaired) electrons. The highest BCUT2D eigenvalue weighted by atomic mass is 16.2. The van der Waals surface area contributed by atoms with E-state index in [1.807, 2.05) is 23.1 Å². The average molecular weight is 308 g/mol. The molecule has 2 aromatic carbocycles. The number of rotatable bonds is 4. The van der Waals surface area contributed by atoms with Crippen LogP contribution in [0.3, 0.4) is 0 Å². The highest BCUT2D eigenvalue weighted by Gasteiger charge is 2.32. The minimum Gasteiger partial charge on any atom is -0.372 e. The highest BCUT2D eigenvalue weighted by Crippen LogP contribution is 2.33. The normalized spacial score (nSPS) is 17.1. The Morgan fingerprint density at radius 3 is 2.48 bits per heavy atom. The van der Waals surface area contributed by atoms with Crippen LogP contribution >= 0.6 is 0 Å². The van der Waals surface area contributed by atoms with Crippen LogP contribution in [0.1, 0.15) is 31.4 Å². The summed E-state index contributed by atoms with van der Waals surface area (Å²) >= 11 is 0. The van der Waals surface area contributed by atoms with Gasteiger partial charge in [0.05, 0.1) is 17.9 Å². The molecule has 1 N–H and O–H groups in total. The summed E-state index contributed by atoms with van der Waals surface area (Å²) in [5.74, 6) is 0.640. The van der Waals surface area contributed by atoms with Gasteiger partial charge < -0.3 is 10.2 Å². The SMILES string of the molecule is Cc1ccc(CN2C(=O)C(CC(C)C)Nc3ccccc32)cc1. The molecule has 0 fully saturated rings. The summed E-state index contributed by atoms with van der Waals surface area (Å²) in [4.78, 5) is 14.9. The van der Waals surface area contributed by atoms with Crippen molar-refractivity contribution in [2.24, 2.45) is 5.92 Å². The van der Waals surface area contributed by atoms with Crippen molar-refractivity contribution in [2.75, 3.05) is 10.2 Å². The van der Waals surface area contributed by atoms with E-state index >= 15 is 0 Å². The monoisotopic (exact) mass is 308 g/mol. The lowest BCUT2D eigenvalue weighted by atomic mass is 9.99. The number of fused-ring (bicyclic) bond motifs is 1. The van der Waals surface area contributed by atoms with Crippen LogP contribution in [0, 0.1) is 12.8 Å². The van der Waals surface area contributed by atoms with E-state index < -0.39 is 0 Å². The molecular formula is C20H24N2O. The predicted octanol–water partition coefficient (Wildman–Crippen LogP) is 4.37. The van der Waals surface area contributed by atoms with Gasteiger partial charge in [-0.25, -0.2) is 0 Å². The molecule has 2 aromatic rings. The molecule has 0 aromatic heterocycles. The zero-order valence-electron chi connectivity index (χ0n) is 14.0. The number of para-hydroxylation sites is 2. The van der Waals surface area contributed by atoms with Crippen LogP contribution in [0.2, 0.25) is 0 Å². The van der Waals surface area contributed by atoms with Crippen molar-refractivity contribution < 1.29 is 4.79 Å². The van der Waals surface area contributed by atoms with E-state index in [0.29, 0.717) is 12.5 Å². The van der Waals surface area contributed by atoms with Crippen molar-refractivity contribution in [3.8, 4) is 0 Å². The molecule has 1 atom stereocenters. The molecule has 1 heterocycles. The Kier molecular flexibility index (Phi) is 4.37. The van der Waals surface area contributed by atoms with E-state index in [-0.39, 0.29) is 11.9 Å². The smallest absolute Gasteiger partial charge is 0.249 e. The second-order valence-electron chi connectivity index (χ2n) is 6.75. The third-order valence-corrected chi connectivity index (χ3v) is 4.26. The number of nitrogens with one attached hydrogen (secondary N) is 1. The van der Waals surface area contributed by atoms with Crippen LogP contribution < -0.4 is 10.2 Å². The van der Waals surface area contributed by atoms with Gasteiger partial charge in [-0.15, -0.1) is 0 Å². The summed E-state index contributed by atoms with van der Waals surface area (Å²) in [5.41, 5.74) is 4.41. The second-order valence-corrected chi connectivity index (χ2v) is 6.75. The van der Waals surface area contributed by atoms with Crippen LogP contribution in [0.4, 0.5) is 11.4 Å². The molecule has 1 amide bonds. The molecule has 1 aliphatic heterocycles. The van der Waals surface area contributed by atoms with Crippen molar-refractivity contribution in [3.63, 3.8) is 0 Å². The highest BCUT2D eigenvalue weighted by molar-refractivity contribution is 6.04. The predicted molar refractivity (Wildman–Crippen MR) is 95.7 cm³/mol. The molecule has 3 heteroatoms. The number of hydrogen-bond donors (Lipinski definition) is 1. The Balaban J connectivity index is 1.92. The molecule has 0 spiro atoms. The standard InChI is InChI=1S/C20H24N2O/c1-14(2)12-18-20(23)22(13-16-10-8-15(3)9-11-16)19-7-5-4-6-17(19)21-18/h4-11,14,18,21H,12-13H2,1-3H3. The lowest BCUT2D eigenvalue weighted by Crippen LogP contribution is -2.47. The fourth-order valence-electron chi connectivity index (χ4n) is 3.06. The van der Waals surface area contributed by atoms with E-state index in [9.17, 15) is 4.79 Å². The van der Waals surface area contributed by atoms with Gasteiger partial charge in [0.1, 0.15) is 6.04 Å². The first-order chi connectivity index (χ1) is 11.0. The molecule has 3 nitrogen and oxygen atoms in total. The zero-order valence-corrected chi connectivity index (χ0v) is 14.0. The van der Waals surface area contributed by atoms with Gasteiger partial charge in [-0.05, 0) is 37.0 Å². The lowest BCUT2D eigenvalue weighted by molar-refractivity contribution is -0.120. The maximum atomic E-state index is 13.0. The van der Waals surface area contributed by atoms with Gasteiger partial charge in [-0.1, -0.05) is 55.8 Å². The number of benzene rings is 2. The molecule has 23 heavy (non-hydrogen) atoms. The van der Waals surface area contributed by atoms with Crippen molar-refractivity contribution in [1.29, 1.82) is 0 Å². The van der Waals surface area contributed by atoms with Gasteiger partial charge in [0.15, 0.2) is 0 Å². The Bertz CT molecular complexity index is 691. The summed E-state index contributed by atoms with van der Waals surface area (Å²) in [6.45, 7) is 7.00. The quantitative estimate of drug-likeness (QED) is 0.909. The van der Waals surface area contributed by atoms with Crippen molar-refractivity contribution in [1.82, 2.24) is 0 Å². The van der Waals surface area contributed by atoms with Crippen molar-refractivity contribution in [3.05, 3.63) is 59.7 Å². The molecule has 0 bridgehead atoms. The minimum atomic E-state index is -0.143. The molecule has 0 saturated heterocycles. The number of aryl methyl sites for hydroxylation is 1. The summed E-state index contributed by atoms with van der Waals surface area (Å²) in [7, 11) is 0. The number of carbonyl (C=O) groups excluding carboxylic acids is 1.